The van der Waals surface area contributed by atoms with Crippen LogP contribution in [0.1, 0.15) is 23.2 Å². The predicted molar refractivity (Wildman–Crippen MR) is 82.9 cm³/mol. The molecule has 1 aromatic carbocycles. The van der Waals surface area contributed by atoms with Crippen molar-refractivity contribution < 1.29 is 9.59 Å². The highest BCUT2D eigenvalue weighted by atomic mass is 35.5. The van der Waals surface area contributed by atoms with Crippen molar-refractivity contribution in [1.82, 2.24) is 25.5 Å². The first-order chi connectivity index (χ1) is 11.1. The van der Waals surface area contributed by atoms with E-state index in [0.29, 0.717) is 30.1 Å². The van der Waals surface area contributed by atoms with Crippen LogP contribution in [0, 0.1) is 5.92 Å². The smallest absolute Gasteiger partial charge is 0.269 e. The Hall–Kier alpha value is -2.48. The summed E-state index contributed by atoms with van der Waals surface area (Å²) < 4.78 is 0. The van der Waals surface area contributed by atoms with Crippen molar-refractivity contribution in [2.24, 2.45) is 5.92 Å². The number of piperidine rings is 1. The van der Waals surface area contributed by atoms with Crippen molar-refractivity contribution in [1.29, 1.82) is 0 Å². The molecular weight excluding hydrogens is 320 g/mol. The average molecular weight is 335 g/mol. The fraction of sp³-hybridized carbons (Fsp3) is 0.357. The van der Waals surface area contributed by atoms with Gasteiger partial charge < -0.3 is 4.90 Å². The minimum atomic E-state index is -0.293. The number of nitrogens with zero attached hydrogens (tertiary/aromatic N) is 4. The zero-order valence-electron chi connectivity index (χ0n) is 12.2. The van der Waals surface area contributed by atoms with E-state index in [1.165, 1.54) is 0 Å². The summed E-state index contributed by atoms with van der Waals surface area (Å²) >= 11 is 5.84. The number of aromatic nitrogens is 4. The summed E-state index contributed by atoms with van der Waals surface area (Å²) in [5, 5.41) is 16.2. The predicted octanol–water partition coefficient (Wildman–Crippen LogP) is 1.34. The molecule has 120 valence electrons. The number of rotatable bonds is 3. The molecular formula is C14H15ClN6O2. The van der Waals surface area contributed by atoms with Crippen molar-refractivity contribution in [3.63, 3.8) is 0 Å². The lowest BCUT2D eigenvalue weighted by Crippen LogP contribution is -2.43. The SMILES string of the molecule is O=C(Nc1nn[nH]n1)[C@H]1CCCN(C(=O)c2ccc(Cl)cc2)C1. The van der Waals surface area contributed by atoms with E-state index in [1.807, 2.05) is 0 Å². The lowest BCUT2D eigenvalue weighted by Gasteiger charge is -2.31. The summed E-state index contributed by atoms with van der Waals surface area (Å²) in [6, 6.07) is 6.74. The number of hydrogen-bond donors (Lipinski definition) is 2. The Morgan fingerprint density at radius 2 is 2.09 bits per heavy atom. The highest BCUT2D eigenvalue weighted by Gasteiger charge is 2.29. The van der Waals surface area contributed by atoms with Crippen molar-refractivity contribution in [3.8, 4) is 0 Å². The molecule has 3 rings (SSSR count). The fourth-order valence-electron chi connectivity index (χ4n) is 2.58. The van der Waals surface area contributed by atoms with Crippen molar-refractivity contribution >= 4 is 29.4 Å². The van der Waals surface area contributed by atoms with Crippen molar-refractivity contribution in [3.05, 3.63) is 34.9 Å². The molecule has 23 heavy (non-hydrogen) atoms. The maximum Gasteiger partial charge on any atom is 0.269 e. The minimum Gasteiger partial charge on any atom is -0.338 e. The first-order valence-electron chi connectivity index (χ1n) is 7.22. The number of nitrogens with one attached hydrogen (secondary N) is 2. The van der Waals surface area contributed by atoms with Crippen molar-refractivity contribution in [2.75, 3.05) is 18.4 Å². The highest BCUT2D eigenvalue weighted by Crippen LogP contribution is 2.20. The molecule has 1 aliphatic heterocycles. The van der Waals surface area contributed by atoms with Crippen LogP contribution in [0.4, 0.5) is 5.95 Å². The summed E-state index contributed by atoms with van der Waals surface area (Å²) in [5.74, 6) is -0.464. The lowest BCUT2D eigenvalue weighted by molar-refractivity contribution is -0.121. The van der Waals surface area contributed by atoms with Gasteiger partial charge in [-0.1, -0.05) is 16.7 Å². The molecule has 2 amide bonds. The molecule has 8 nitrogen and oxygen atoms in total. The number of carbonyl (C=O) groups is 2. The van der Waals surface area contributed by atoms with Crippen LogP contribution in [0.3, 0.4) is 0 Å². The van der Waals surface area contributed by atoms with Crippen LogP contribution < -0.4 is 5.32 Å². The van der Waals surface area contributed by atoms with Gasteiger partial charge in [0.15, 0.2) is 0 Å². The van der Waals surface area contributed by atoms with Crippen LogP contribution in [0.5, 0.6) is 0 Å². The van der Waals surface area contributed by atoms with Crippen LogP contribution in [0.25, 0.3) is 0 Å². The molecule has 1 saturated heterocycles. The van der Waals surface area contributed by atoms with Crippen LogP contribution in [0.2, 0.25) is 5.02 Å². The van der Waals surface area contributed by atoms with E-state index in [1.54, 1.807) is 29.2 Å². The number of tetrazole rings is 1. The van der Waals surface area contributed by atoms with Gasteiger partial charge in [-0.15, -0.1) is 5.10 Å². The number of H-pyrrole nitrogens is 1. The van der Waals surface area contributed by atoms with Gasteiger partial charge in [0.05, 0.1) is 5.92 Å². The van der Waals surface area contributed by atoms with Gasteiger partial charge >= 0.3 is 0 Å². The van der Waals surface area contributed by atoms with Gasteiger partial charge in [-0.3, -0.25) is 14.9 Å². The normalized spacial score (nSPS) is 17.8. The van der Waals surface area contributed by atoms with E-state index < -0.39 is 0 Å². The summed E-state index contributed by atoms with van der Waals surface area (Å²) in [4.78, 5) is 26.4. The minimum absolute atomic E-state index is 0.0984. The third-order valence-electron chi connectivity index (χ3n) is 3.75. The molecule has 2 aromatic rings. The molecule has 0 bridgehead atoms. The summed E-state index contributed by atoms with van der Waals surface area (Å²) in [5.41, 5.74) is 0.564. The van der Waals surface area contributed by atoms with Gasteiger partial charge in [0.25, 0.3) is 11.9 Å². The largest absolute Gasteiger partial charge is 0.338 e. The molecule has 1 fully saturated rings. The molecule has 2 N–H and O–H groups in total. The molecule has 9 heteroatoms. The summed E-state index contributed by atoms with van der Waals surface area (Å²) in [6.45, 7) is 0.999. The fourth-order valence-corrected chi connectivity index (χ4v) is 2.70. The van der Waals surface area contributed by atoms with Crippen LogP contribution in [-0.2, 0) is 4.79 Å². The molecule has 0 radical (unpaired) electrons. The standard InChI is InChI=1S/C14H15ClN6O2/c15-11-5-3-9(4-6-11)13(23)21-7-1-2-10(8-21)12(22)16-14-17-19-20-18-14/h3-6,10H,1-2,7-8H2,(H2,16,17,18,19,20,22)/t10-/m0/s1. The quantitative estimate of drug-likeness (QED) is 0.881. The Morgan fingerprint density at radius 3 is 2.78 bits per heavy atom. The van der Waals surface area contributed by atoms with Crippen LogP contribution in [0.15, 0.2) is 24.3 Å². The molecule has 0 aliphatic carbocycles. The Bertz CT molecular complexity index is 688. The van der Waals surface area contributed by atoms with E-state index in [0.717, 1.165) is 6.42 Å². The number of carbonyl (C=O) groups excluding carboxylic acids is 2. The third kappa shape index (κ3) is 3.65. The van der Waals surface area contributed by atoms with E-state index in [2.05, 4.69) is 25.9 Å². The second-order valence-corrected chi connectivity index (χ2v) is 5.76. The van der Waals surface area contributed by atoms with Gasteiger partial charge in [-0.2, -0.15) is 5.21 Å². The number of aromatic amines is 1. The molecule has 0 spiro atoms. The highest BCUT2D eigenvalue weighted by molar-refractivity contribution is 6.30. The summed E-state index contributed by atoms with van der Waals surface area (Å²) in [6.07, 6.45) is 1.48. The zero-order valence-corrected chi connectivity index (χ0v) is 13.0. The Kier molecular flexibility index (Phi) is 4.52. The Balaban J connectivity index is 1.64. The second kappa shape index (κ2) is 6.74. The number of benzene rings is 1. The molecule has 0 saturated carbocycles. The lowest BCUT2D eigenvalue weighted by atomic mass is 9.96. The average Bonchev–Trinajstić information content (AvgIpc) is 3.08. The van der Waals surface area contributed by atoms with E-state index in [4.69, 9.17) is 11.6 Å². The summed E-state index contributed by atoms with van der Waals surface area (Å²) in [7, 11) is 0. The molecule has 1 aliphatic rings. The van der Waals surface area contributed by atoms with Gasteiger partial charge in [-0.05, 0) is 42.3 Å². The molecule has 2 heterocycles. The maximum atomic E-state index is 12.5. The first-order valence-corrected chi connectivity index (χ1v) is 7.60. The number of hydrogen-bond acceptors (Lipinski definition) is 5. The number of likely N-dealkylation sites (tertiary alicyclic amines) is 1. The topological polar surface area (TPSA) is 104 Å². The number of halogens is 1. The maximum absolute atomic E-state index is 12.5. The Morgan fingerprint density at radius 1 is 1.30 bits per heavy atom. The second-order valence-electron chi connectivity index (χ2n) is 5.32. The molecule has 0 unspecified atom stereocenters. The van der Waals surface area contributed by atoms with Gasteiger partial charge in [0.2, 0.25) is 5.91 Å². The van der Waals surface area contributed by atoms with Crippen molar-refractivity contribution in [2.45, 2.75) is 12.8 Å². The molecule has 1 aromatic heterocycles. The number of amides is 2. The number of anilines is 1. The van der Waals surface area contributed by atoms with Gasteiger partial charge in [0, 0.05) is 23.7 Å². The molecule has 1 atom stereocenters. The Labute approximate surface area is 137 Å². The van der Waals surface area contributed by atoms with Gasteiger partial charge in [0.1, 0.15) is 0 Å². The van der Waals surface area contributed by atoms with E-state index in [-0.39, 0.29) is 23.7 Å². The third-order valence-corrected chi connectivity index (χ3v) is 4.00. The zero-order chi connectivity index (χ0) is 16.2. The van der Waals surface area contributed by atoms with E-state index in [9.17, 15) is 9.59 Å². The van der Waals surface area contributed by atoms with Crippen LogP contribution in [-0.4, -0.2) is 50.4 Å². The van der Waals surface area contributed by atoms with Crippen LogP contribution >= 0.6 is 11.6 Å². The first kappa shape index (κ1) is 15.4. The van der Waals surface area contributed by atoms with Gasteiger partial charge in [-0.25, -0.2) is 0 Å². The van der Waals surface area contributed by atoms with E-state index >= 15 is 0 Å². The monoisotopic (exact) mass is 334 g/mol.